The first kappa shape index (κ1) is 18.5. The summed E-state index contributed by atoms with van der Waals surface area (Å²) >= 11 is 0. The van der Waals surface area contributed by atoms with Gasteiger partial charge in [-0.15, -0.1) is 0 Å². The van der Waals surface area contributed by atoms with Gasteiger partial charge in [0.15, 0.2) is 5.78 Å². The fraction of sp³-hybridized carbons (Fsp3) is 0.118. The van der Waals surface area contributed by atoms with E-state index in [0.717, 1.165) is 4.31 Å². The van der Waals surface area contributed by atoms with Crippen molar-refractivity contribution in [1.29, 1.82) is 0 Å². The molecule has 0 aromatic heterocycles. The Hall–Kier alpha value is -2.84. The summed E-state index contributed by atoms with van der Waals surface area (Å²) in [6, 6.07) is 11.4. The summed E-state index contributed by atoms with van der Waals surface area (Å²) in [5.74, 6) is -0.299. The van der Waals surface area contributed by atoms with Crippen LogP contribution in [-0.4, -0.2) is 37.5 Å². The monoisotopic (exact) mass is 360 g/mol. The molecular weight excluding hydrogens is 344 g/mol. The lowest BCUT2D eigenvalue weighted by Gasteiger charge is -2.11. The maximum atomic E-state index is 12.1. The van der Waals surface area contributed by atoms with E-state index in [2.05, 4.69) is 0 Å². The lowest BCUT2D eigenvalue weighted by Crippen LogP contribution is -2.22. The zero-order valence-corrected chi connectivity index (χ0v) is 14.4. The van der Waals surface area contributed by atoms with Crippen LogP contribution in [0.4, 0.5) is 5.69 Å². The topological polar surface area (TPSA) is 97.6 Å². The third kappa shape index (κ3) is 4.37. The Morgan fingerprint density at radius 3 is 2.08 bits per heavy atom. The lowest BCUT2D eigenvalue weighted by atomic mass is 10.1. The molecule has 0 radical (unpaired) electrons. The molecule has 2 aromatic rings. The van der Waals surface area contributed by atoms with Gasteiger partial charge in [-0.3, -0.25) is 14.9 Å². The molecule has 0 aliphatic rings. The minimum absolute atomic E-state index is 0.0267. The number of benzene rings is 2. The molecular formula is C17H16N2O5S. The van der Waals surface area contributed by atoms with Crippen molar-refractivity contribution in [1.82, 2.24) is 4.31 Å². The zero-order valence-electron chi connectivity index (χ0n) is 13.6. The van der Waals surface area contributed by atoms with Gasteiger partial charge in [0.2, 0.25) is 10.0 Å². The number of sulfonamides is 1. The van der Waals surface area contributed by atoms with E-state index in [0.29, 0.717) is 11.1 Å². The zero-order chi connectivity index (χ0) is 18.6. The number of carbonyl (C=O) groups is 1. The molecule has 0 heterocycles. The molecule has 8 heteroatoms. The van der Waals surface area contributed by atoms with Crippen molar-refractivity contribution < 1.29 is 18.1 Å². The Labute approximate surface area is 145 Å². The van der Waals surface area contributed by atoms with Crippen LogP contribution in [0.3, 0.4) is 0 Å². The second kappa shape index (κ2) is 7.37. The minimum Gasteiger partial charge on any atom is -0.289 e. The van der Waals surface area contributed by atoms with Gasteiger partial charge in [-0.2, -0.15) is 0 Å². The number of ketones is 1. The van der Waals surface area contributed by atoms with Gasteiger partial charge in [-0.05, 0) is 48.0 Å². The SMILES string of the molecule is CN(C)S(=O)(=O)c1ccc(C(=O)C=Cc2ccc([N+](=O)[O-])cc2)cc1. The number of hydrogen-bond acceptors (Lipinski definition) is 5. The quantitative estimate of drug-likeness (QED) is 0.341. The van der Waals surface area contributed by atoms with E-state index >= 15 is 0 Å². The minimum atomic E-state index is -3.54. The van der Waals surface area contributed by atoms with Gasteiger partial charge in [0.25, 0.3) is 5.69 Å². The fourth-order valence-electron chi connectivity index (χ4n) is 1.98. The molecule has 0 saturated heterocycles. The van der Waals surface area contributed by atoms with Crippen LogP contribution in [0.15, 0.2) is 59.5 Å². The summed E-state index contributed by atoms with van der Waals surface area (Å²) in [4.78, 5) is 22.3. The first-order valence-electron chi connectivity index (χ1n) is 7.21. The van der Waals surface area contributed by atoms with Crippen LogP contribution in [0.25, 0.3) is 6.08 Å². The van der Waals surface area contributed by atoms with Crippen LogP contribution in [0.5, 0.6) is 0 Å². The average Bonchev–Trinajstić information content (AvgIpc) is 2.60. The van der Waals surface area contributed by atoms with E-state index in [1.54, 1.807) is 0 Å². The number of allylic oxidation sites excluding steroid dienone is 1. The second-order valence-electron chi connectivity index (χ2n) is 5.36. The molecule has 2 rings (SSSR count). The molecule has 130 valence electrons. The van der Waals surface area contributed by atoms with Gasteiger partial charge in [0.1, 0.15) is 0 Å². The maximum Gasteiger partial charge on any atom is 0.269 e. The van der Waals surface area contributed by atoms with Crippen LogP contribution >= 0.6 is 0 Å². The Bertz CT molecular complexity index is 915. The number of non-ortho nitro benzene ring substituents is 1. The fourth-order valence-corrected chi connectivity index (χ4v) is 2.88. The van der Waals surface area contributed by atoms with Crippen LogP contribution in [0, 0.1) is 10.1 Å². The number of hydrogen-bond donors (Lipinski definition) is 0. The molecule has 0 fully saturated rings. The number of nitrogens with zero attached hydrogens (tertiary/aromatic N) is 2. The molecule has 0 saturated carbocycles. The van der Waals surface area contributed by atoms with Crippen molar-refractivity contribution in [3.63, 3.8) is 0 Å². The standard InChI is InChI=1S/C17H16N2O5S/c1-18(2)25(23,24)16-10-6-14(7-11-16)17(20)12-5-13-3-8-15(9-4-13)19(21)22/h3-12H,1-2H3. The Morgan fingerprint density at radius 2 is 1.60 bits per heavy atom. The number of carbonyl (C=O) groups excluding carboxylic acids is 1. The number of rotatable bonds is 6. The van der Waals surface area contributed by atoms with Crippen molar-refractivity contribution in [3.05, 3.63) is 75.8 Å². The van der Waals surface area contributed by atoms with Gasteiger partial charge in [0.05, 0.1) is 9.82 Å². The summed E-state index contributed by atoms with van der Waals surface area (Å²) < 4.78 is 25.1. The summed E-state index contributed by atoms with van der Waals surface area (Å²) in [6.07, 6.45) is 2.87. The smallest absolute Gasteiger partial charge is 0.269 e. The van der Waals surface area contributed by atoms with E-state index < -0.39 is 14.9 Å². The second-order valence-corrected chi connectivity index (χ2v) is 7.51. The van der Waals surface area contributed by atoms with E-state index in [1.165, 1.54) is 74.8 Å². The van der Waals surface area contributed by atoms with Crippen LogP contribution in [-0.2, 0) is 10.0 Å². The summed E-state index contributed by atoms with van der Waals surface area (Å²) in [6.45, 7) is 0. The number of nitro benzene ring substituents is 1. The Kier molecular flexibility index (Phi) is 5.45. The normalized spacial score (nSPS) is 11.8. The first-order chi connectivity index (χ1) is 11.7. The highest BCUT2D eigenvalue weighted by atomic mass is 32.2. The summed E-state index contributed by atoms with van der Waals surface area (Å²) in [5, 5.41) is 10.6. The molecule has 0 bridgehead atoms. The third-order valence-corrected chi connectivity index (χ3v) is 5.28. The van der Waals surface area contributed by atoms with E-state index in [9.17, 15) is 23.3 Å². The largest absolute Gasteiger partial charge is 0.289 e. The third-order valence-electron chi connectivity index (χ3n) is 3.45. The molecule has 0 unspecified atom stereocenters. The summed E-state index contributed by atoms with van der Waals surface area (Å²) in [7, 11) is -0.673. The molecule has 0 aliphatic carbocycles. The summed E-state index contributed by atoms with van der Waals surface area (Å²) in [5.41, 5.74) is 0.961. The van der Waals surface area contributed by atoms with Gasteiger partial charge in [-0.1, -0.05) is 6.08 Å². The molecule has 0 N–H and O–H groups in total. The molecule has 7 nitrogen and oxygen atoms in total. The highest BCUT2D eigenvalue weighted by Gasteiger charge is 2.17. The first-order valence-corrected chi connectivity index (χ1v) is 8.65. The molecule has 25 heavy (non-hydrogen) atoms. The van der Waals surface area contributed by atoms with Crippen molar-refractivity contribution in [2.75, 3.05) is 14.1 Å². The molecule has 2 aromatic carbocycles. The predicted molar refractivity (Wildman–Crippen MR) is 93.8 cm³/mol. The van der Waals surface area contributed by atoms with Crippen LogP contribution in [0.1, 0.15) is 15.9 Å². The van der Waals surface area contributed by atoms with E-state index in [1.807, 2.05) is 0 Å². The predicted octanol–water partition coefficient (Wildman–Crippen LogP) is 2.74. The molecule has 0 atom stereocenters. The van der Waals surface area contributed by atoms with Crippen molar-refractivity contribution >= 4 is 27.6 Å². The molecule has 0 amide bonds. The van der Waals surface area contributed by atoms with Crippen molar-refractivity contribution in [3.8, 4) is 0 Å². The Morgan fingerprint density at radius 1 is 1.04 bits per heavy atom. The average molecular weight is 360 g/mol. The maximum absolute atomic E-state index is 12.1. The van der Waals surface area contributed by atoms with Crippen molar-refractivity contribution in [2.24, 2.45) is 0 Å². The highest BCUT2D eigenvalue weighted by Crippen LogP contribution is 2.16. The van der Waals surface area contributed by atoms with Crippen LogP contribution in [0.2, 0.25) is 0 Å². The highest BCUT2D eigenvalue weighted by molar-refractivity contribution is 7.89. The number of nitro groups is 1. The lowest BCUT2D eigenvalue weighted by molar-refractivity contribution is -0.384. The molecule has 0 spiro atoms. The Balaban J connectivity index is 2.14. The van der Waals surface area contributed by atoms with Gasteiger partial charge < -0.3 is 0 Å². The van der Waals surface area contributed by atoms with E-state index in [4.69, 9.17) is 0 Å². The van der Waals surface area contributed by atoms with Crippen molar-refractivity contribution in [2.45, 2.75) is 4.90 Å². The van der Waals surface area contributed by atoms with Gasteiger partial charge in [-0.25, -0.2) is 12.7 Å². The molecule has 0 aliphatic heterocycles. The van der Waals surface area contributed by atoms with E-state index in [-0.39, 0.29) is 16.4 Å². The van der Waals surface area contributed by atoms with Gasteiger partial charge >= 0.3 is 0 Å². The van der Waals surface area contributed by atoms with Gasteiger partial charge in [0, 0.05) is 31.8 Å². The van der Waals surface area contributed by atoms with Crippen LogP contribution < -0.4 is 0 Å².